The zero-order valence-corrected chi connectivity index (χ0v) is 13.1. The van der Waals surface area contributed by atoms with Gasteiger partial charge in [0.25, 0.3) is 0 Å². The molecule has 0 aromatic heterocycles. The number of nitrogens with one attached hydrogen (secondary N) is 1. The fourth-order valence-electron chi connectivity index (χ4n) is 2.60. The minimum Gasteiger partial charge on any atom is -0.496 e. The largest absolute Gasteiger partial charge is 0.496 e. The number of hydrogen-bond donors (Lipinski definition) is 1. The fraction of sp³-hybridized carbons (Fsp3) is 0.588. The molecule has 0 aliphatic carbocycles. The highest BCUT2D eigenvalue weighted by Crippen LogP contribution is 2.22. The second kappa shape index (κ2) is 7.46. The fourth-order valence-corrected chi connectivity index (χ4v) is 2.60. The second-order valence-corrected chi connectivity index (χ2v) is 5.94. The molecule has 0 bridgehead atoms. The summed E-state index contributed by atoms with van der Waals surface area (Å²) in [6.45, 7) is 5.50. The summed E-state index contributed by atoms with van der Waals surface area (Å²) in [6, 6.07) is 8.08. The van der Waals surface area contributed by atoms with Crippen LogP contribution in [0.4, 0.5) is 0 Å². The van der Waals surface area contributed by atoms with Crippen LogP contribution in [0.2, 0.25) is 0 Å². The maximum Gasteiger partial charge on any atom is 0.225 e. The van der Waals surface area contributed by atoms with Crippen molar-refractivity contribution < 1.29 is 14.3 Å². The number of carbonyl (C=O) groups is 1. The van der Waals surface area contributed by atoms with Crippen LogP contribution in [-0.2, 0) is 16.0 Å². The average Bonchev–Trinajstić information content (AvgIpc) is 3.01. The van der Waals surface area contributed by atoms with E-state index in [0.29, 0.717) is 19.1 Å². The van der Waals surface area contributed by atoms with Crippen molar-refractivity contribution in [1.82, 2.24) is 5.32 Å². The second-order valence-electron chi connectivity index (χ2n) is 5.94. The van der Waals surface area contributed by atoms with Gasteiger partial charge in [-0.3, -0.25) is 4.79 Å². The standard InChI is InChI=1S/C17H25NO3/c1-12(2)15(18-17(19)14-8-9-21-11-14)10-13-6-4-5-7-16(13)20-3/h4-7,12,14-15H,8-11H2,1-3H3,(H,18,19). The molecule has 2 rings (SSSR count). The molecule has 1 aromatic carbocycles. The predicted molar refractivity (Wildman–Crippen MR) is 82.4 cm³/mol. The van der Waals surface area contributed by atoms with Gasteiger partial charge in [0.05, 0.1) is 19.6 Å². The van der Waals surface area contributed by atoms with E-state index in [4.69, 9.17) is 9.47 Å². The van der Waals surface area contributed by atoms with Gasteiger partial charge in [-0.25, -0.2) is 0 Å². The minimum atomic E-state index is 0.00363. The zero-order valence-electron chi connectivity index (χ0n) is 13.1. The third kappa shape index (κ3) is 4.21. The van der Waals surface area contributed by atoms with E-state index in [1.807, 2.05) is 18.2 Å². The highest BCUT2D eigenvalue weighted by molar-refractivity contribution is 5.79. The van der Waals surface area contributed by atoms with Gasteiger partial charge >= 0.3 is 0 Å². The lowest BCUT2D eigenvalue weighted by atomic mass is 9.95. The maximum atomic E-state index is 12.3. The van der Waals surface area contributed by atoms with E-state index in [2.05, 4.69) is 25.2 Å². The summed E-state index contributed by atoms with van der Waals surface area (Å²) in [5, 5.41) is 3.18. The minimum absolute atomic E-state index is 0.00363. The molecular weight excluding hydrogens is 266 g/mol. The average molecular weight is 291 g/mol. The summed E-state index contributed by atoms with van der Waals surface area (Å²) >= 11 is 0. The van der Waals surface area contributed by atoms with E-state index >= 15 is 0 Å². The number of benzene rings is 1. The van der Waals surface area contributed by atoms with Gasteiger partial charge in [0, 0.05) is 12.6 Å². The van der Waals surface area contributed by atoms with Crippen molar-refractivity contribution in [2.75, 3.05) is 20.3 Å². The molecule has 1 fully saturated rings. The first-order valence-electron chi connectivity index (χ1n) is 7.61. The van der Waals surface area contributed by atoms with Crippen LogP contribution in [-0.4, -0.2) is 32.3 Å². The van der Waals surface area contributed by atoms with Crippen molar-refractivity contribution in [3.05, 3.63) is 29.8 Å². The molecule has 1 N–H and O–H groups in total. The van der Waals surface area contributed by atoms with Crippen molar-refractivity contribution in [2.24, 2.45) is 11.8 Å². The lowest BCUT2D eigenvalue weighted by Gasteiger charge is -2.24. The monoisotopic (exact) mass is 291 g/mol. The highest BCUT2D eigenvalue weighted by atomic mass is 16.5. The van der Waals surface area contributed by atoms with E-state index in [9.17, 15) is 4.79 Å². The molecule has 21 heavy (non-hydrogen) atoms. The number of amides is 1. The van der Waals surface area contributed by atoms with Gasteiger partial charge in [0.2, 0.25) is 5.91 Å². The Morgan fingerprint density at radius 2 is 2.19 bits per heavy atom. The Morgan fingerprint density at radius 1 is 1.43 bits per heavy atom. The lowest BCUT2D eigenvalue weighted by Crippen LogP contribution is -2.43. The summed E-state index contributed by atoms with van der Waals surface area (Å²) in [7, 11) is 1.68. The number of para-hydroxylation sites is 1. The Morgan fingerprint density at radius 3 is 2.81 bits per heavy atom. The number of hydrogen-bond acceptors (Lipinski definition) is 3. The SMILES string of the molecule is COc1ccccc1CC(NC(=O)C1CCOC1)C(C)C. The van der Waals surface area contributed by atoms with Crippen LogP contribution in [0.15, 0.2) is 24.3 Å². The lowest BCUT2D eigenvalue weighted by molar-refractivity contribution is -0.126. The van der Waals surface area contributed by atoms with E-state index in [0.717, 1.165) is 24.2 Å². The number of methoxy groups -OCH3 is 1. The normalized spacial score (nSPS) is 19.5. The van der Waals surface area contributed by atoms with Crippen LogP contribution in [0.25, 0.3) is 0 Å². The third-order valence-electron chi connectivity index (χ3n) is 4.07. The van der Waals surface area contributed by atoms with Gasteiger partial charge in [0.15, 0.2) is 0 Å². The molecule has 4 heteroatoms. The number of rotatable bonds is 6. The van der Waals surface area contributed by atoms with E-state index in [1.165, 1.54) is 0 Å². The molecule has 116 valence electrons. The van der Waals surface area contributed by atoms with Crippen LogP contribution in [0.1, 0.15) is 25.8 Å². The summed E-state index contributed by atoms with van der Waals surface area (Å²) in [5.74, 6) is 1.35. The number of carbonyl (C=O) groups excluding carboxylic acids is 1. The van der Waals surface area contributed by atoms with Crippen molar-refractivity contribution in [2.45, 2.75) is 32.7 Å². The first-order valence-corrected chi connectivity index (χ1v) is 7.61. The smallest absolute Gasteiger partial charge is 0.225 e. The van der Waals surface area contributed by atoms with Crippen LogP contribution in [0.3, 0.4) is 0 Å². The predicted octanol–water partition coefficient (Wildman–Crippen LogP) is 2.42. The topological polar surface area (TPSA) is 47.6 Å². The van der Waals surface area contributed by atoms with Crippen LogP contribution in [0, 0.1) is 11.8 Å². The van der Waals surface area contributed by atoms with Gasteiger partial charge < -0.3 is 14.8 Å². The molecule has 1 aromatic rings. The van der Waals surface area contributed by atoms with Crippen LogP contribution < -0.4 is 10.1 Å². The highest BCUT2D eigenvalue weighted by Gasteiger charge is 2.26. The molecule has 1 aliphatic heterocycles. The van der Waals surface area contributed by atoms with Crippen LogP contribution >= 0.6 is 0 Å². The molecular formula is C17H25NO3. The van der Waals surface area contributed by atoms with Gasteiger partial charge in [0.1, 0.15) is 5.75 Å². The third-order valence-corrected chi connectivity index (χ3v) is 4.07. The maximum absolute atomic E-state index is 12.3. The Labute approximate surface area is 126 Å². The quantitative estimate of drug-likeness (QED) is 0.875. The van der Waals surface area contributed by atoms with Crippen molar-refractivity contribution in [3.63, 3.8) is 0 Å². The van der Waals surface area contributed by atoms with Crippen molar-refractivity contribution >= 4 is 5.91 Å². The Bertz CT molecular complexity index is 467. The first kappa shape index (κ1) is 15.8. The first-order chi connectivity index (χ1) is 10.1. The number of ether oxygens (including phenoxy) is 2. The van der Waals surface area contributed by atoms with E-state index in [1.54, 1.807) is 7.11 Å². The molecule has 1 heterocycles. The molecule has 1 amide bonds. The Balaban J connectivity index is 2.03. The van der Waals surface area contributed by atoms with Crippen molar-refractivity contribution in [3.8, 4) is 5.75 Å². The summed E-state index contributed by atoms with van der Waals surface area (Å²) in [5.41, 5.74) is 1.13. The molecule has 1 aliphatic rings. The zero-order chi connectivity index (χ0) is 15.2. The molecule has 2 atom stereocenters. The molecule has 4 nitrogen and oxygen atoms in total. The van der Waals surface area contributed by atoms with Gasteiger partial charge in [-0.05, 0) is 30.4 Å². The van der Waals surface area contributed by atoms with Gasteiger partial charge in [-0.1, -0.05) is 32.0 Å². The molecule has 2 unspecified atom stereocenters. The van der Waals surface area contributed by atoms with Gasteiger partial charge in [-0.15, -0.1) is 0 Å². The summed E-state index contributed by atoms with van der Waals surface area (Å²) in [6.07, 6.45) is 1.60. The van der Waals surface area contributed by atoms with Crippen molar-refractivity contribution in [1.29, 1.82) is 0 Å². The Hall–Kier alpha value is -1.55. The molecule has 0 spiro atoms. The van der Waals surface area contributed by atoms with Crippen LogP contribution in [0.5, 0.6) is 5.75 Å². The van der Waals surface area contributed by atoms with Gasteiger partial charge in [-0.2, -0.15) is 0 Å². The summed E-state index contributed by atoms with van der Waals surface area (Å²) < 4.78 is 10.7. The Kier molecular flexibility index (Phi) is 5.62. The van der Waals surface area contributed by atoms with E-state index < -0.39 is 0 Å². The molecule has 0 saturated carbocycles. The molecule has 1 saturated heterocycles. The molecule has 0 radical (unpaired) electrons. The van der Waals surface area contributed by atoms with E-state index in [-0.39, 0.29) is 17.9 Å². The summed E-state index contributed by atoms with van der Waals surface area (Å²) in [4.78, 5) is 12.3.